The van der Waals surface area contributed by atoms with Crippen LogP contribution in [0.1, 0.15) is 40.0 Å². The van der Waals surface area contributed by atoms with Gasteiger partial charge in [0.25, 0.3) is 0 Å². The molecule has 2 amide bonds. The third kappa shape index (κ3) is 2.92. The number of amides is 2. The molecule has 0 aliphatic carbocycles. The second kappa shape index (κ2) is 4.84. The van der Waals surface area contributed by atoms with Gasteiger partial charge in [-0.15, -0.1) is 0 Å². The first kappa shape index (κ1) is 12.7. The molecule has 2 aliphatic heterocycles. The maximum atomic E-state index is 12.1. The largest absolute Gasteiger partial charge is 0.333 e. The fraction of sp³-hybridized carbons (Fsp3) is 0.923. The van der Waals surface area contributed by atoms with E-state index in [2.05, 4.69) is 31.4 Å². The van der Waals surface area contributed by atoms with Gasteiger partial charge >= 0.3 is 6.03 Å². The van der Waals surface area contributed by atoms with Gasteiger partial charge in [-0.3, -0.25) is 0 Å². The molecule has 2 saturated heterocycles. The van der Waals surface area contributed by atoms with E-state index in [-0.39, 0.29) is 11.6 Å². The monoisotopic (exact) mass is 239 g/mol. The second-order valence-corrected chi connectivity index (χ2v) is 6.01. The fourth-order valence-corrected chi connectivity index (χ4v) is 2.67. The van der Waals surface area contributed by atoms with E-state index in [1.807, 2.05) is 4.90 Å². The van der Waals surface area contributed by atoms with Crippen molar-refractivity contribution >= 4 is 6.03 Å². The van der Waals surface area contributed by atoms with E-state index < -0.39 is 0 Å². The van der Waals surface area contributed by atoms with E-state index in [1.165, 1.54) is 6.42 Å². The molecule has 2 N–H and O–H groups in total. The van der Waals surface area contributed by atoms with Crippen molar-refractivity contribution in [3.05, 3.63) is 0 Å². The number of rotatable bonds is 2. The van der Waals surface area contributed by atoms with E-state index in [1.54, 1.807) is 0 Å². The SMILES string of the molecule is CCC(C)(C)NC(=O)N1CC[C@H]2CCN[C@H]2C1. The number of carbonyl (C=O) groups excluding carboxylic acids is 1. The Balaban J connectivity index is 1.88. The number of carbonyl (C=O) groups is 1. The molecule has 0 spiro atoms. The molecule has 2 fully saturated rings. The standard InChI is InChI=1S/C13H25N3O/c1-4-13(2,3)15-12(17)16-8-6-10-5-7-14-11(10)9-16/h10-11,14H,4-9H2,1-3H3,(H,15,17)/t10-,11+/m1/s1. The fourth-order valence-electron chi connectivity index (χ4n) is 2.67. The van der Waals surface area contributed by atoms with E-state index in [9.17, 15) is 4.79 Å². The highest BCUT2D eigenvalue weighted by atomic mass is 16.2. The minimum Gasteiger partial charge on any atom is -0.333 e. The Morgan fingerprint density at radius 1 is 1.47 bits per heavy atom. The third-order valence-electron chi connectivity index (χ3n) is 4.29. The summed E-state index contributed by atoms with van der Waals surface area (Å²) in [5.74, 6) is 0.790. The number of nitrogens with one attached hydrogen (secondary N) is 2. The summed E-state index contributed by atoms with van der Waals surface area (Å²) in [6.07, 6.45) is 3.38. The van der Waals surface area contributed by atoms with Gasteiger partial charge in [-0.05, 0) is 45.6 Å². The third-order valence-corrected chi connectivity index (χ3v) is 4.29. The van der Waals surface area contributed by atoms with Gasteiger partial charge in [0.2, 0.25) is 0 Å². The zero-order chi connectivity index (χ0) is 12.5. The summed E-state index contributed by atoms with van der Waals surface area (Å²) in [7, 11) is 0. The van der Waals surface area contributed by atoms with Crippen molar-refractivity contribution in [3.63, 3.8) is 0 Å². The lowest BCUT2D eigenvalue weighted by Crippen LogP contribution is -2.55. The number of fused-ring (bicyclic) bond motifs is 1. The zero-order valence-corrected chi connectivity index (χ0v) is 11.3. The molecule has 0 aromatic carbocycles. The Kier molecular flexibility index (Phi) is 3.61. The average molecular weight is 239 g/mol. The minimum absolute atomic E-state index is 0.100. The van der Waals surface area contributed by atoms with Crippen molar-refractivity contribution in [2.24, 2.45) is 5.92 Å². The summed E-state index contributed by atoms with van der Waals surface area (Å²) in [5, 5.41) is 6.61. The van der Waals surface area contributed by atoms with E-state index in [4.69, 9.17) is 0 Å². The molecular formula is C13H25N3O. The highest BCUT2D eigenvalue weighted by Crippen LogP contribution is 2.25. The predicted octanol–water partition coefficient (Wildman–Crippen LogP) is 1.57. The number of hydrogen-bond donors (Lipinski definition) is 2. The van der Waals surface area contributed by atoms with Crippen molar-refractivity contribution in [2.75, 3.05) is 19.6 Å². The lowest BCUT2D eigenvalue weighted by molar-refractivity contribution is 0.153. The Morgan fingerprint density at radius 3 is 2.94 bits per heavy atom. The van der Waals surface area contributed by atoms with Crippen LogP contribution >= 0.6 is 0 Å². The zero-order valence-electron chi connectivity index (χ0n) is 11.3. The van der Waals surface area contributed by atoms with E-state index >= 15 is 0 Å². The summed E-state index contributed by atoms with van der Waals surface area (Å²) < 4.78 is 0. The van der Waals surface area contributed by atoms with E-state index in [0.717, 1.165) is 38.4 Å². The molecule has 98 valence electrons. The predicted molar refractivity (Wildman–Crippen MR) is 69.0 cm³/mol. The van der Waals surface area contributed by atoms with Crippen molar-refractivity contribution in [1.29, 1.82) is 0 Å². The van der Waals surface area contributed by atoms with Crippen LogP contribution in [-0.2, 0) is 0 Å². The summed E-state index contributed by atoms with van der Waals surface area (Å²) in [6, 6.07) is 0.628. The van der Waals surface area contributed by atoms with Gasteiger partial charge in [0, 0.05) is 24.7 Å². The van der Waals surface area contributed by atoms with Crippen LogP contribution in [0.3, 0.4) is 0 Å². The molecule has 0 radical (unpaired) electrons. The first-order valence-corrected chi connectivity index (χ1v) is 6.82. The molecule has 2 aliphatic rings. The number of urea groups is 1. The highest BCUT2D eigenvalue weighted by Gasteiger charge is 2.35. The molecule has 0 aromatic heterocycles. The van der Waals surface area contributed by atoms with Crippen LogP contribution < -0.4 is 10.6 Å². The van der Waals surface area contributed by atoms with Crippen LogP contribution in [0, 0.1) is 5.92 Å². The quantitative estimate of drug-likeness (QED) is 0.768. The number of piperidine rings is 1. The van der Waals surface area contributed by atoms with Gasteiger partial charge in [-0.1, -0.05) is 6.92 Å². The molecule has 4 nitrogen and oxygen atoms in total. The Morgan fingerprint density at radius 2 is 2.24 bits per heavy atom. The average Bonchev–Trinajstić information content (AvgIpc) is 2.75. The van der Waals surface area contributed by atoms with Crippen molar-refractivity contribution in [2.45, 2.75) is 51.6 Å². The smallest absolute Gasteiger partial charge is 0.317 e. The maximum Gasteiger partial charge on any atom is 0.317 e. The van der Waals surface area contributed by atoms with Crippen molar-refractivity contribution in [1.82, 2.24) is 15.5 Å². The van der Waals surface area contributed by atoms with Crippen LogP contribution in [0.2, 0.25) is 0 Å². The summed E-state index contributed by atoms with van der Waals surface area (Å²) in [4.78, 5) is 14.1. The van der Waals surface area contributed by atoms with Gasteiger partial charge < -0.3 is 15.5 Å². The summed E-state index contributed by atoms with van der Waals surface area (Å²) >= 11 is 0. The van der Waals surface area contributed by atoms with E-state index in [0.29, 0.717) is 6.04 Å². The first-order valence-electron chi connectivity index (χ1n) is 6.82. The van der Waals surface area contributed by atoms with Crippen LogP contribution in [0.4, 0.5) is 4.79 Å². The maximum absolute atomic E-state index is 12.1. The topological polar surface area (TPSA) is 44.4 Å². The molecule has 0 unspecified atom stereocenters. The normalized spacial score (nSPS) is 29.0. The Labute approximate surface area is 104 Å². The number of hydrogen-bond acceptors (Lipinski definition) is 2. The number of nitrogens with zero attached hydrogens (tertiary/aromatic N) is 1. The van der Waals surface area contributed by atoms with Gasteiger partial charge in [0.15, 0.2) is 0 Å². The second-order valence-electron chi connectivity index (χ2n) is 6.01. The molecular weight excluding hydrogens is 214 g/mol. The summed E-state index contributed by atoms with van der Waals surface area (Å²) in [5.41, 5.74) is -0.100. The highest BCUT2D eigenvalue weighted by molar-refractivity contribution is 5.75. The molecule has 2 rings (SSSR count). The number of likely N-dealkylation sites (tertiary alicyclic amines) is 1. The van der Waals surface area contributed by atoms with Gasteiger partial charge in [-0.25, -0.2) is 4.79 Å². The molecule has 2 heterocycles. The van der Waals surface area contributed by atoms with Crippen LogP contribution in [0.25, 0.3) is 0 Å². The van der Waals surface area contributed by atoms with Crippen LogP contribution in [0.15, 0.2) is 0 Å². The van der Waals surface area contributed by atoms with Gasteiger partial charge in [0.1, 0.15) is 0 Å². The molecule has 0 saturated carbocycles. The molecule has 0 aromatic rings. The lowest BCUT2D eigenvalue weighted by atomic mass is 9.93. The molecule has 2 atom stereocenters. The minimum atomic E-state index is -0.100. The molecule has 0 bridgehead atoms. The first-order chi connectivity index (χ1) is 8.02. The van der Waals surface area contributed by atoms with Gasteiger partial charge in [-0.2, -0.15) is 0 Å². The lowest BCUT2D eigenvalue weighted by Gasteiger charge is -2.37. The van der Waals surface area contributed by atoms with Gasteiger partial charge in [0.05, 0.1) is 0 Å². The Bertz CT molecular complexity index is 290. The molecule has 4 heteroatoms. The van der Waals surface area contributed by atoms with Crippen LogP contribution in [0.5, 0.6) is 0 Å². The molecule has 17 heavy (non-hydrogen) atoms. The van der Waals surface area contributed by atoms with Crippen molar-refractivity contribution < 1.29 is 4.79 Å². The van der Waals surface area contributed by atoms with Crippen LogP contribution in [-0.4, -0.2) is 42.1 Å². The van der Waals surface area contributed by atoms with Crippen molar-refractivity contribution in [3.8, 4) is 0 Å². The summed E-state index contributed by atoms with van der Waals surface area (Å²) in [6.45, 7) is 9.15. The Hall–Kier alpha value is -0.770.